The molecule has 2 N–H and O–H groups in total. The van der Waals surface area contributed by atoms with Crippen LogP contribution in [0.2, 0.25) is 0 Å². The SMILES string of the molecule is CCC(C)(OC(=O)C1CCC(C(=O)ON)CC1)c1ccc(C(C)(CC)OC(=O)C2CCC(C(=O)OC)CC2)c2sc(-c3cc4ccccc4o3)nc12. The number of aromatic nitrogens is 1. The number of carbonyl (C=O) groups is 4. The number of hydrogen-bond acceptors (Lipinski definition) is 12. The van der Waals surface area contributed by atoms with Crippen molar-refractivity contribution in [1.29, 1.82) is 0 Å². The van der Waals surface area contributed by atoms with Gasteiger partial charge in [0.05, 0.1) is 41.0 Å². The number of esters is 3. The Morgan fingerprint density at radius 3 is 1.79 bits per heavy atom. The molecule has 2 aliphatic carbocycles. The molecule has 2 aliphatic rings. The van der Waals surface area contributed by atoms with Gasteiger partial charge in [-0.1, -0.05) is 44.2 Å². The minimum atomic E-state index is -1.03. The highest BCUT2D eigenvalue weighted by Crippen LogP contribution is 2.46. The van der Waals surface area contributed by atoms with Gasteiger partial charge in [-0.15, -0.1) is 11.3 Å². The molecule has 0 spiro atoms. The molecule has 6 rings (SSSR count). The molecule has 12 heteroatoms. The first kappa shape index (κ1) is 37.5. The summed E-state index contributed by atoms with van der Waals surface area (Å²) in [6, 6.07) is 13.6. The third-order valence-electron chi connectivity index (χ3n) is 11.4. The van der Waals surface area contributed by atoms with E-state index in [0.717, 1.165) is 26.8 Å². The summed E-state index contributed by atoms with van der Waals surface area (Å²) in [7, 11) is 1.39. The van der Waals surface area contributed by atoms with Crippen LogP contribution in [0.15, 0.2) is 46.9 Å². The second-order valence-electron chi connectivity index (χ2n) is 14.6. The standard InChI is InChI=1S/C40H48N2O9S/c1-6-39(3,49-36(44)25-16-18-26(19-17-25)38(46)51-41)28-20-21-29(33-32(28)42-34(52-33)31-22-27-10-8-9-11-30(27)48-31)40(4,7-2)50-37(45)24-14-12-23(13-15-24)35(43)47-5/h8-11,20-26H,6-7,12-19,41H2,1-5H3. The lowest BCUT2D eigenvalue weighted by atomic mass is 9.81. The zero-order chi connectivity index (χ0) is 37.2. The van der Waals surface area contributed by atoms with Crippen molar-refractivity contribution in [3.8, 4) is 10.8 Å². The quantitative estimate of drug-likeness (QED) is 0.0899. The fraction of sp³-hybridized carbons (Fsp3) is 0.525. The molecular formula is C40H48N2O9S. The summed E-state index contributed by atoms with van der Waals surface area (Å²) in [6.45, 7) is 7.79. The fourth-order valence-electron chi connectivity index (χ4n) is 7.68. The Morgan fingerprint density at radius 1 is 0.769 bits per heavy atom. The van der Waals surface area contributed by atoms with Gasteiger partial charge in [0.2, 0.25) is 0 Å². The van der Waals surface area contributed by atoms with Gasteiger partial charge in [0.25, 0.3) is 0 Å². The number of furan rings is 1. The van der Waals surface area contributed by atoms with Crippen molar-refractivity contribution in [3.05, 3.63) is 53.6 Å². The topological polar surface area (TPSA) is 157 Å². The van der Waals surface area contributed by atoms with Crippen LogP contribution in [0.1, 0.15) is 103 Å². The van der Waals surface area contributed by atoms with Crippen LogP contribution in [0.25, 0.3) is 32.0 Å². The van der Waals surface area contributed by atoms with Crippen molar-refractivity contribution >= 4 is 56.4 Å². The maximum absolute atomic E-state index is 13.7. The Bertz CT molecular complexity index is 1820. The van der Waals surface area contributed by atoms with Crippen LogP contribution in [0.4, 0.5) is 0 Å². The van der Waals surface area contributed by atoms with Gasteiger partial charge in [-0.05, 0) is 90.2 Å². The van der Waals surface area contributed by atoms with Crippen molar-refractivity contribution in [2.75, 3.05) is 7.11 Å². The summed E-state index contributed by atoms with van der Waals surface area (Å²) in [5.74, 6) is 3.25. The lowest BCUT2D eigenvalue weighted by Gasteiger charge is -2.35. The third-order valence-corrected chi connectivity index (χ3v) is 12.5. The number of carbonyl (C=O) groups excluding carboxylic acids is 4. The molecule has 0 amide bonds. The van der Waals surface area contributed by atoms with Crippen molar-refractivity contribution < 1.29 is 42.6 Å². The molecular weight excluding hydrogens is 685 g/mol. The molecule has 2 atom stereocenters. The van der Waals surface area contributed by atoms with Gasteiger partial charge >= 0.3 is 23.9 Å². The number of rotatable bonds is 11. The highest BCUT2D eigenvalue weighted by molar-refractivity contribution is 7.21. The highest BCUT2D eigenvalue weighted by Gasteiger charge is 2.41. The maximum atomic E-state index is 13.7. The smallest absolute Gasteiger partial charge is 0.327 e. The van der Waals surface area contributed by atoms with E-state index >= 15 is 0 Å². The lowest BCUT2D eigenvalue weighted by Crippen LogP contribution is -2.35. The number of nitrogens with two attached hydrogens (primary N) is 1. The Kier molecular flexibility index (Phi) is 11.1. The van der Waals surface area contributed by atoms with E-state index in [9.17, 15) is 19.2 Å². The molecule has 0 saturated heterocycles. The van der Waals surface area contributed by atoms with E-state index < -0.39 is 17.2 Å². The number of ether oxygens (including phenoxy) is 3. The molecule has 52 heavy (non-hydrogen) atoms. The van der Waals surface area contributed by atoms with E-state index in [1.165, 1.54) is 18.4 Å². The maximum Gasteiger partial charge on any atom is 0.327 e. The van der Waals surface area contributed by atoms with Crippen LogP contribution in [0.5, 0.6) is 0 Å². The van der Waals surface area contributed by atoms with E-state index in [4.69, 9.17) is 29.5 Å². The summed E-state index contributed by atoms with van der Waals surface area (Å²) in [4.78, 5) is 61.0. The van der Waals surface area contributed by atoms with Gasteiger partial charge in [-0.3, -0.25) is 19.2 Å². The van der Waals surface area contributed by atoms with E-state index in [-0.39, 0.29) is 41.6 Å². The minimum absolute atomic E-state index is 0.195. The van der Waals surface area contributed by atoms with Crippen LogP contribution in [0, 0.1) is 23.7 Å². The normalized spacial score (nSPS) is 23.0. The average Bonchev–Trinajstić information content (AvgIpc) is 3.82. The molecule has 0 bridgehead atoms. The monoisotopic (exact) mass is 732 g/mol. The third kappa shape index (κ3) is 7.32. The van der Waals surface area contributed by atoms with E-state index in [1.807, 2.05) is 70.2 Å². The number of fused-ring (bicyclic) bond motifs is 2. The second kappa shape index (κ2) is 15.4. The fourth-order valence-corrected chi connectivity index (χ4v) is 8.86. The van der Waals surface area contributed by atoms with Crippen molar-refractivity contribution in [3.63, 3.8) is 0 Å². The first-order valence-corrected chi connectivity index (χ1v) is 19.1. The first-order chi connectivity index (χ1) is 24.9. The number of hydrogen-bond donors (Lipinski definition) is 1. The zero-order valence-electron chi connectivity index (χ0n) is 30.5. The highest BCUT2D eigenvalue weighted by atomic mass is 32.1. The number of thiazole rings is 1. The molecule has 278 valence electrons. The van der Waals surface area contributed by atoms with E-state index in [0.29, 0.717) is 80.5 Å². The Hall–Kier alpha value is -4.29. The van der Waals surface area contributed by atoms with Gasteiger partial charge in [-0.2, -0.15) is 5.90 Å². The summed E-state index contributed by atoms with van der Waals surface area (Å²) < 4.78 is 24.8. The van der Waals surface area contributed by atoms with Crippen molar-refractivity contribution in [2.45, 2.75) is 103 Å². The van der Waals surface area contributed by atoms with Gasteiger partial charge in [0, 0.05) is 16.5 Å². The minimum Gasteiger partial charge on any atom is -0.469 e. The van der Waals surface area contributed by atoms with Gasteiger partial charge in [-0.25, -0.2) is 4.98 Å². The van der Waals surface area contributed by atoms with Crippen LogP contribution in [0.3, 0.4) is 0 Å². The van der Waals surface area contributed by atoms with Crippen LogP contribution >= 0.6 is 11.3 Å². The summed E-state index contributed by atoms with van der Waals surface area (Å²) in [5.41, 5.74) is 0.921. The van der Waals surface area contributed by atoms with Gasteiger partial charge in [0.15, 0.2) is 10.8 Å². The summed E-state index contributed by atoms with van der Waals surface area (Å²) in [5, 5.41) is 1.61. The summed E-state index contributed by atoms with van der Waals surface area (Å²) in [6.07, 6.45) is 5.28. The molecule has 2 aromatic heterocycles. The molecule has 2 unspecified atom stereocenters. The molecule has 2 fully saturated rings. The molecule has 4 aromatic rings. The Labute approximate surface area is 307 Å². The first-order valence-electron chi connectivity index (χ1n) is 18.3. The summed E-state index contributed by atoms with van der Waals surface area (Å²) >= 11 is 1.45. The molecule has 2 aromatic carbocycles. The predicted octanol–water partition coefficient (Wildman–Crippen LogP) is 8.25. The number of benzene rings is 2. The molecule has 2 heterocycles. The van der Waals surface area contributed by atoms with Crippen LogP contribution in [-0.2, 0) is 49.4 Å². The number of methoxy groups -OCH3 is 1. The molecule has 11 nitrogen and oxygen atoms in total. The molecule has 0 radical (unpaired) electrons. The average molecular weight is 733 g/mol. The number of nitrogens with zero attached hydrogens (tertiary/aromatic N) is 1. The van der Waals surface area contributed by atoms with E-state index in [2.05, 4.69) is 4.84 Å². The van der Waals surface area contributed by atoms with Gasteiger partial charge in [0.1, 0.15) is 16.8 Å². The van der Waals surface area contributed by atoms with Crippen LogP contribution in [-0.4, -0.2) is 36.0 Å². The zero-order valence-corrected chi connectivity index (χ0v) is 31.3. The predicted molar refractivity (Wildman–Crippen MR) is 195 cm³/mol. The van der Waals surface area contributed by atoms with Crippen molar-refractivity contribution in [2.24, 2.45) is 29.6 Å². The van der Waals surface area contributed by atoms with Crippen LogP contribution < -0.4 is 5.90 Å². The lowest BCUT2D eigenvalue weighted by molar-refractivity contribution is -0.168. The largest absolute Gasteiger partial charge is 0.469 e. The number of para-hydroxylation sites is 1. The molecule has 2 saturated carbocycles. The Balaban J connectivity index is 1.35. The second-order valence-corrected chi connectivity index (χ2v) is 15.6. The molecule has 0 aliphatic heterocycles. The van der Waals surface area contributed by atoms with Crippen molar-refractivity contribution in [1.82, 2.24) is 4.98 Å². The van der Waals surface area contributed by atoms with E-state index in [1.54, 1.807) is 0 Å². The Morgan fingerprint density at radius 2 is 1.27 bits per heavy atom. The van der Waals surface area contributed by atoms with Gasteiger partial charge < -0.3 is 23.5 Å².